The molecule has 1 heterocycles. The molecule has 0 spiro atoms. The molecule has 0 bridgehead atoms. The van der Waals surface area contributed by atoms with Crippen molar-refractivity contribution in [3.63, 3.8) is 0 Å². The van der Waals surface area contributed by atoms with E-state index in [1.807, 2.05) is 0 Å². The quantitative estimate of drug-likeness (QED) is 0.694. The van der Waals surface area contributed by atoms with Gasteiger partial charge in [-0.05, 0) is 39.7 Å². The maximum absolute atomic E-state index is 5.19. The highest BCUT2D eigenvalue weighted by Crippen LogP contribution is 2.62. The van der Waals surface area contributed by atoms with Gasteiger partial charge in [0.05, 0.1) is 0 Å². The summed E-state index contributed by atoms with van der Waals surface area (Å²) in [4.78, 5) is 0. The molecule has 1 aliphatic carbocycles. The predicted octanol–water partition coefficient (Wildman–Crippen LogP) is 3.89. The second-order valence-electron chi connectivity index (χ2n) is 4.55. The van der Waals surface area contributed by atoms with Crippen LogP contribution in [0.3, 0.4) is 0 Å². The number of allylic oxidation sites excluding steroid dienone is 1. The monoisotopic (exact) mass is 247 g/mol. The third-order valence-electron chi connectivity index (χ3n) is 3.54. The van der Waals surface area contributed by atoms with Crippen LogP contribution in [0.5, 0.6) is 0 Å². The van der Waals surface area contributed by atoms with Gasteiger partial charge >= 0.3 is 0 Å². The van der Waals surface area contributed by atoms with Crippen molar-refractivity contribution in [3.05, 3.63) is 22.7 Å². The molecule has 0 aromatic rings. The maximum Gasteiger partial charge on any atom is 0.0262 e. The van der Waals surface area contributed by atoms with E-state index in [1.165, 1.54) is 24.1 Å². The highest BCUT2D eigenvalue weighted by molar-refractivity contribution is 6.36. The van der Waals surface area contributed by atoms with Crippen LogP contribution in [-0.4, -0.2) is 12.6 Å². The number of rotatable bonds is 1. The minimum Gasteiger partial charge on any atom is -0.313 e. The van der Waals surface area contributed by atoms with Crippen LogP contribution in [0.15, 0.2) is 22.7 Å². The summed E-state index contributed by atoms with van der Waals surface area (Å²) in [6.07, 6.45) is 1.39. The second kappa shape index (κ2) is 4.90. The van der Waals surface area contributed by atoms with Crippen molar-refractivity contribution in [2.45, 2.75) is 33.2 Å². The Balaban J connectivity index is 0.000000195. The zero-order valence-corrected chi connectivity index (χ0v) is 11.1. The van der Waals surface area contributed by atoms with Crippen LogP contribution in [0.25, 0.3) is 0 Å². The Morgan fingerprint density at radius 1 is 1.53 bits per heavy atom. The van der Waals surface area contributed by atoms with E-state index in [-0.39, 0.29) is 0 Å². The fourth-order valence-electron chi connectivity index (χ4n) is 2.53. The second-order valence-corrected chi connectivity index (χ2v) is 5.36. The maximum atomic E-state index is 5.19. The van der Waals surface area contributed by atoms with Gasteiger partial charge in [-0.25, -0.2) is 0 Å². The van der Waals surface area contributed by atoms with Gasteiger partial charge in [0.15, 0.2) is 0 Å². The van der Waals surface area contributed by atoms with Gasteiger partial charge in [0.1, 0.15) is 0 Å². The summed E-state index contributed by atoms with van der Waals surface area (Å²) in [6, 6.07) is 0.676. The first-order valence-electron chi connectivity index (χ1n) is 5.27. The van der Waals surface area contributed by atoms with Gasteiger partial charge in [-0.2, -0.15) is 0 Å². The SMILES string of the molecule is C/C(Cl)=C/Cl.C=C(C)[C@@]12CC1CN[C@@H]2C. The molecule has 15 heavy (non-hydrogen) atoms. The molecule has 2 rings (SSSR count). The van der Waals surface area contributed by atoms with Gasteiger partial charge in [-0.3, -0.25) is 0 Å². The Bertz CT molecular complexity index is 281. The molecule has 1 aliphatic heterocycles. The Labute approximate surface area is 103 Å². The third kappa shape index (κ3) is 2.58. The summed E-state index contributed by atoms with van der Waals surface area (Å²) in [5.74, 6) is 0.917. The lowest BCUT2D eigenvalue weighted by molar-refractivity contribution is 0.471. The topological polar surface area (TPSA) is 12.0 Å². The molecule has 0 radical (unpaired) electrons. The van der Waals surface area contributed by atoms with Crippen LogP contribution in [-0.2, 0) is 0 Å². The van der Waals surface area contributed by atoms with E-state index in [0.717, 1.165) is 5.92 Å². The van der Waals surface area contributed by atoms with E-state index >= 15 is 0 Å². The Morgan fingerprint density at radius 2 is 2.07 bits per heavy atom. The highest BCUT2D eigenvalue weighted by atomic mass is 35.5. The smallest absolute Gasteiger partial charge is 0.0262 e. The van der Waals surface area contributed by atoms with E-state index in [1.54, 1.807) is 6.92 Å². The molecule has 2 aliphatic rings. The van der Waals surface area contributed by atoms with Crippen molar-refractivity contribution < 1.29 is 0 Å². The van der Waals surface area contributed by atoms with Gasteiger partial charge in [-0.1, -0.05) is 35.4 Å². The van der Waals surface area contributed by atoms with E-state index in [9.17, 15) is 0 Å². The Morgan fingerprint density at radius 3 is 2.20 bits per heavy atom. The highest BCUT2D eigenvalue weighted by Gasteiger charge is 2.61. The molecule has 0 amide bonds. The predicted molar refractivity (Wildman–Crippen MR) is 68.3 cm³/mol. The van der Waals surface area contributed by atoms with E-state index in [0.29, 0.717) is 16.5 Å². The van der Waals surface area contributed by atoms with E-state index < -0.39 is 0 Å². The first kappa shape index (κ1) is 13.1. The fourth-order valence-corrected chi connectivity index (χ4v) is 2.53. The number of halogens is 2. The van der Waals surface area contributed by atoms with Crippen molar-refractivity contribution in [3.8, 4) is 0 Å². The average Bonchev–Trinajstić information content (AvgIpc) is 2.84. The number of hydrogen-bond donors (Lipinski definition) is 1. The van der Waals surface area contributed by atoms with Crippen LogP contribution in [0.1, 0.15) is 27.2 Å². The Kier molecular flexibility index (Phi) is 4.28. The third-order valence-corrected chi connectivity index (χ3v) is 4.09. The zero-order chi connectivity index (χ0) is 11.6. The number of fused-ring (bicyclic) bond motifs is 1. The van der Waals surface area contributed by atoms with Gasteiger partial charge in [0.2, 0.25) is 0 Å². The van der Waals surface area contributed by atoms with Gasteiger partial charge in [0.25, 0.3) is 0 Å². The fraction of sp³-hybridized carbons (Fsp3) is 0.667. The molecule has 1 unspecified atom stereocenters. The first-order chi connectivity index (χ1) is 6.95. The van der Waals surface area contributed by atoms with Crippen molar-refractivity contribution in [1.82, 2.24) is 5.32 Å². The summed E-state index contributed by atoms with van der Waals surface area (Å²) in [5.41, 5.74) is 3.22. The molecule has 0 aromatic carbocycles. The molecule has 1 N–H and O–H groups in total. The number of piperidine rings is 1. The molecule has 1 nitrogen and oxygen atoms in total. The number of hydrogen-bond acceptors (Lipinski definition) is 1. The molecular formula is C12H19Cl2N. The lowest BCUT2D eigenvalue weighted by Crippen LogP contribution is -2.28. The molecule has 3 heteroatoms. The molecule has 2 fully saturated rings. The minimum absolute atomic E-state index is 0.514. The molecule has 3 atom stereocenters. The van der Waals surface area contributed by atoms with Crippen LogP contribution < -0.4 is 5.32 Å². The van der Waals surface area contributed by atoms with Crippen molar-refractivity contribution in [2.75, 3.05) is 6.54 Å². The summed E-state index contributed by atoms with van der Waals surface area (Å²) in [5, 5.41) is 4.10. The first-order valence-corrected chi connectivity index (χ1v) is 6.08. The molecule has 0 aromatic heterocycles. The zero-order valence-electron chi connectivity index (χ0n) is 9.61. The Hall–Kier alpha value is 0.0200. The lowest BCUT2D eigenvalue weighted by atomic mass is 9.91. The standard InChI is InChI=1S/C9H15N.C3H4Cl2/c1-6(2)9-4-8(9)5-10-7(9)3;1-3(5)2-4/h7-8,10H,1,4-5H2,2-3H3;2H,1H3/b;3-2-/t7-,8?,9-;/m1./s1. The van der Waals surface area contributed by atoms with Crippen molar-refractivity contribution >= 4 is 23.2 Å². The minimum atomic E-state index is 0.514. The average molecular weight is 248 g/mol. The van der Waals surface area contributed by atoms with Gasteiger partial charge in [0, 0.05) is 22.0 Å². The summed E-state index contributed by atoms with van der Waals surface area (Å²) in [6.45, 7) is 11.4. The number of nitrogens with one attached hydrogen (secondary N) is 1. The van der Waals surface area contributed by atoms with Gasteiger partial charge in [-0.15, -0.1) is 0 Å². The van der Waals surface area contributed by atoms with Crippen LogP contribution in [0, 0.1) is 11.3 Å². The summed E-state index contributed by atoms with van der Waals surface area (Å²) in [7, 11) is 0. The summed E-state index contributed by atoms with van der Waals surface area (Å²) >= 11 is 10.2. The normalized spacial score (nSPS) is 37.8. The van der Waals surface area contributed by atoms with Crippen molar-refractivity contribution in [2.24, 2.45) is 11.3 Å². The molecule has 1 saturated heterocycles. The lowest BCUT2D eigenvalue weighted by Gasteiger charge is -2.19. The largest absolute Gasteiger partial charge is 0.313 e. The van der Waals surface area contributed by atoms with Crippen LogP contribution >= 0.6 is 23.2 Å². The van der Waals surface area contributed by atoms with Crippen LogP contribution in [0.4, 0.5) is 0 Å². The van der Waals surface area contributed by atoms with Crippen molar-refractivity contribution in [1.29, 1.82) is 0 Å². The van der Waals surface area contributed by atoms with Crippen LogP contribution in [0.2, 0.25) is 0 Å². The molecular weight excluding hydrogens is 229 g/mol. The van der Waals surface area contributed by atoms with E-state index in [2.05, 4.69) is 25.7 Å². The van der Waals surface area contributed by atoms with Gasteiger partial charge < -0.3 is 5.32 Å². The summed E-state index contributed by atoms with van der Waals surface area (Å²) < 4.78 is 0. The molecule has 1 saturated carbocycles. The van der Waals surface area contributed by atoms with E-state index in [4.69, 9.17) is 23.2 Å². The molecule has 86 valence electrons.